The molecule has 3 N–H and O–H groups in total. The number of ether oxygens (including phenoxy) is 1. The van der Waals surface area contributed by atoms with Crippen molar-refractivity contribution in [2.45, 2.75) is 6.42 Å². The molecular formula is C15H18N2O6. The minimum absolute atomic E-state index is 0.105. The van der Waals surface area contributed by atoms with Crippen molar-refractivity contribution in [1.82, 2.24) is 4.90 Å². The lowest BCUT2D eigenvalue weighted by Crippen LogP contribution is -2.30. The number of rotatable bonds is 6. The minimum atomic E-state index is -1.25. The van der Waals surface area contributed by atoms with Gasteiger partial charge in [0.05, 0.1) is 12.5 Å². The third kappa shape index (κ3) is 3.98. The van der Waals surface area contributed by atoms with Crippen LogP contribution in [-0.4, -0.2) is 59.7 Å². The monoisotopic (exact) mass is 322 g/mol. The summed E-state index contributed by atoms with van der Waals surface area (Å²) in [5.41, 5.74) is 0.0325. The van der Waals surface area contributed by atoms with Crippen LogP contribution in [0.25, 0.3) is 0 Å². The Morgan fingerprint density at radius 2 is 2.17 bits per heavy atom. The number of carbonyl (C=O) groups is 3. The molecule has 8 nitrogen and oxygen atoms in total. The first-order valence-corrected chi connectivity index (χ1v) is 7.06. The Bertz CT molecular complexity index is 630. The second-order valence-corrected chi connectivity index (χ2v) is 5.26. The van der Waals surface area contributed by atoms with E-state index in [-0.39, 0.29) is 29.5 Å². The number of methoxy groups -OCH3 is 1. The normalized spacial score (nSPS) is 17.3. The number of nitrogens with zero attached hydrogens (tertiary/aromatic N) is 1. The fourth-order valence-electron chi connectivity index (χ4n) is 2.40. The molecular weight excluding hydrogens is 304 g/mol. The van der Waals surface area contributed by atoms with Crippen molar-refractivity contribution in [3.8, 4) is 5.75 Å². The number of hydrogen-bond acceptors (Lipinski definition) is 5. The second-order valence-electron chi connectivity index (χ2n) is 5.26. The molecule has 0 saturated carbocycles. The van der Waals surface area contributed by atoms with Crippen molar-refractivity contribution in [3.05, 3.63) is 23.8 Å². The number of aromatic carboxylic acids is 1. The molecule has 1 aromatic carbocycles. The average Bonchev–Trinajstić information content (AvgIpc) is 2.86. The Hall–Kier alpha value is -2.61. The molecule has 1 atom stereocenters. The molecule has 8 heteroatoms. The summed E-state index contributed by atoms with van der Waals surface area (Å²) in [6.07, 6.45) is 0.120. The van der Waals surface area contributed by atoms with E-state index in [2.05, 4.69) is 5.32 Å². The van der Waals surface area contributed by atoms with Crippen molar-refractivity contribution in [2.75, 3.05) is 32.1 Å². The van der Waals surface area contributed by atoms with Crippen molar-refractivity contribution in [1.29, 1.82) is 0 Å². The lowest BCUT2D eigenvalue weighted by Gasteiger charge is -2.16. The molecule has 2 rings (SSSR count). The zero-order valence-electron chi connectivity index (χ0n) is 12.6. The third-order valence-electron chi connectivity index (χ3n) is 3.65. The zero-order chi connectivity index (χ0) is 17.0. The molecule has 1 heterocycles. The van der Waals surface area contributed by atoms with Crippen LogP contribution in [0.5, 0.6) is 5.75 Å². The predicted molar refractivity (Wildman–Crippen MR) is 80.3 cm³/mol. The highest BCUT2D eigenvalue weighted by atomic mass is 16.5. The SMILES string of the molecule is COCCN1CC(C(=O)Nc2ccc(C(=O)O)c(O)c2)CC1=O. The van der Waals surface area contributed by atoms with Crippen LogP contribution in [0.4, 0.5) is 5.69 Å². The van der Waals surface area contributed by atoms with E-state index in [0.717, 1.165) is 0 Å². The van der Waals surface area contributed by atoms with Crippen LogP contribution >= 0.6 is 0 Å². The van der Waals surface area contributed by atoms with Crippen molar-refractivity contribution in [3.63, 3.8) is 0 Å². The van der Waals surface area contributed by atoms with Gasteiger partial charge in [-0.15, -0.1) is 0 Å². The van der Waals surface area contributed by atoms with Crippen molar-refractivity contribution >= 4 is 23.5 Å². The van der Waals surface area contributed by atoms with Gasteiger partial charge in [0.15, 0.2) is 0 Å². The zero-order valence-corrected chi connectivity index (χ0v) is 12.6. The molecule has 0 aromatic heterocycles. The van der Waals surface area contributed by atoms with E-state index in [1.807, 2.05) is 0 Å². The Balaban J connectivity index is 1.98. The highest BCUT2D eigenvalue weighted by molar-refractivity contribution is 5.98. The minimum Gasteiger partial charge on any atom is -0.507 e. The fraction of sp³-hybridized carbons (Fsp3) is 0.400. The molecule has 0 bridgehead atoms. The number of carbonyl (C=O) groups excluding carboxylic acids is 2. The summed E-state index contributed by atoms with van der Waals surface area (Å²) in [5, 5.41) is 21.0. The summed E-state index contributed by atoms with van der Waals surface area (Å²) >= 11 is 0. The number of likely N-dealkylation sites (tertiary alicyclic amines) is 1. The van der Waals surface area contributed by atoms with Gasteiger partial charge in [-0.25, -0.2) is 4.79 Å². The van der Waals surface area contributed by atoms with E-state index in [9.17, 15) is 19.5 Å². The summed E-state index contributed by atoms with van der Waals surface area (Å²) < 4.78 is 4.92. The molecule has 0 aliphatic carbocycles. The summed E-state index contributed by atoms with van der Waals surface area (Å²) in [4.78, 5) is 36.4. The first-order valence-electron chi connectivity index (χ1n) is 7.06. The van der Waals surface area contributed by atoms with Crippen molar-refractivity contribution in [2.24, 2.45) is 5.92 Å². The van der Waals surface area contributed by atoms with Gasteiger partial charge >= 0.3 is 5.97 Å². The Morgan fingerprint density at radius 1 is 1.43 bits per heavy atom. The Labute approximate surface area is 132 Å². The van der Waals surface area contributed by atoms with Gasteiger partial charge in [-0.3, -0.25) is 9.59 Å². The highest BCUT2D eigenvalue weighted by Crippen LogP contribution is 2.24. The van der Waals surface area contributed by atoms with E-state index in [1.54, 1.807) is 4.90 Å². The van der Waals surface area contributed by atoms with Gasteiger partial charge in [0.25, 0.3) is 0 Å². The lowest BCUT2D eigenvalue weighted by atomic mass is 10.1. The third-order valence-corrected chi connectivity index (χ3v) is 3.65. The fourth-order valence-corrected chi connectivity index (χ4v) is 2.40. The topological polar surface area (TPSA) is 116 Å². The van der Waals surface area contributed by atoms with Crippen LogP contribution in [0.3, 0.4) is 0 Å². The predicted octanol–water partition coefficient (Wildman–Crippen LogP) is 0.524. The summed E-state index contributed by atoms with van der Waals surface area (Å²) in [6, 6.07) is 3.76. The molecule has 124 valence electrons. The molecule has 1 aliphatic rings. The average molecular weight is 322 g/mol. The number of carboxylic acids is 1. The van der Waals surface area contributed by atoms with E-state index < -0.39 is 17.6 Å². The molecule has 2 amide bonds. The number of hydrogen-bond donors (Lipinski definition) is 3. The van der Waals surface area contributed by atoms with Crippen LogP contribution in [0, 0.1) is 5.92 Å². The maximum Gasteiger partial charge on any atom is 0.339 e. The Morgan fingerprint density at radius 3 is 2.78 bits per heavy atom. The number of phenols is 1. The largest absolute Gasteiger partial charge is 0.507 e. The number of nitrogens with one attached hydrogen (secondary N) is 1. The molecule has 1 fully saturated rings. The first kappa shape index (κ1) is 16.8. The molecule has 0 spiro atoms. The first-order chi connectivity index (χ1) is 10.9. The van der Waals surface area contributed by atoms with Crippen LogP contribution in [0.1, 0.15) is 16.8 Å². The van der Waals surface area contributed by atoms with Gasteiger partial charge in [-0.2, -0.15) is 0 Å². The van der Waals surface area contributed by atoms with Gasteiger partial charge in [0.1, 0.15) is 11.3 Å². The van der Waals surface area contributed by atoms with Crippen LogP contribution in [-0.2, 0) is 14.3 Å². The van der Waals surface area contributed by atoms with E-state index in [4.69, 9.17) is 9.84 Å². The van der Waals surface area contributed by atoms with Gasteiger partial charge in [-0.05, 0) is 12.1 Å². The Kier molecular flexibility index (Phi) is 5.17. The van der Waals surface area contributed by atoms with Crippen LogP contribution in [0.15, 0.2) is 18.2 Å². The number of amides is 2. The molecule has 1 aliphatic heterocycles. The van der Waals surface area contributed by atoms with Gasteiger partial charge in [0, 0.05) is 38.4 Å². The molecule has 1 unspecified atom stereocenters. The number of aromatic hydroxyl groups is 1. The molecule has 1 aromatic rings. The van der Waals surface area contributed by atoms with Gasteiger partial charge in [-0.1, -0.05) is 0 Å². The van der Waals surface area contributed by atoms with Crippen molar-refractivity contribution < 1.29 is 29.3 Å². The smallest absolute Gasteiger partial charge is 0.339 e. The second kappa shape index (κ2) is 7.10. The number of carboxylic acid groups (broad SMARTS) is 1. The van der Waals surface area contributed by atoms with E-state index in [0.29, 0.717) is 19.7 Å². The van der Waals surface area contributed by atoms with Gasteiger partial charge in [0.2, 0.25) is 11.8 Å². The lowest BCUT2D eigenvalue weighted by molar-refractivity contribution is -0.128. The van der Waals surface area contributed by atoms with E-state index >= 15 is 0 Å². The number of benzene rings is 1. The summed E-state index contributed by atoms with van der Waals surface area (Å²) in [6.45, 7) is 1.16. The van der Waals surface area contributed by atoms with Crippen LogP contribution < -0.4 is 5.32 Å². The van der Waals surface area contributed by atoms with Gasteiger partial charge < -0.3 is 25.2 Å². The maximum atomic E-state index is 12.2. The summed E-state index contributed by atoms with van der Waals surface area (Å²) in [7, 11) is 1.54. The summed E-state index contributed by atoms with van der Waals surface area (Å²) in [5.74, 6) is -2.62. The molecule has 0 radical (unpaired) electrons. The molecule has 23 heavy (non-hydrogen) atoms. The van der Waals surface area contributed by atoms with E-state index in [1.165, 1.54) is 25.3 Å². The number of anilines is 1. The molecule has 1 saturated heterocycles. The quantitative estimate of drug-likeness (QED) is 0.703. The maximum absolute atomic E-state index is 12.2. The highest BCUT2D eigenvalue weighted by Gasteiger charge is 2.34. The van der Waals surface area contributed by atoms with Crippen LogP contribution in [0.2, 0.25) is 0 Å². The standard InChI is InChI=1S/C15H18N2O6/c1-23-5-4-17-8-9(6-13(17)19)14(20)16-10-2-3-11(15(21)22)12(18)7-10/h2-3,7,9,18H,4-6,8H2,1H3,(H,16,20)(H,21,22).